The number of nitriles is 1. The van der Waals surface area contributed by atoms with E-state index in [0.717, 1.165) is 56.7 Å². The molecule has 5 rings (SSSR count). The van der Waals surface area contributed by atoms with Gasteiger partial charge >= 0.3 is 12.1 Å². The zero-order valence-corrected chi connectivity index (χ0v) is 21.1. The number of hydrogen-bond donors (Lipinski definition) is 2. The van der Waals surface area contributed by atoms with Gasteiger partial charge in [-0.3, -0.25) is 9.69 Å². The standard InChI is InChI=1S/C27H28F2N6O4/c28-19-8-7-16(14-20(19)29)23-24(25(31)36)39-27(38)35(23)26(37)32-22-6-3-11-34(22)18-9-12-33(13-10-18)21-5-2-1-4-17(21)15-30/h1-2,4-5,7-8,14,18,22-24H,3,6,9-13H2,(H2,31,36)(H,32,37)/t22?,23-,24+/m0/s1. The highest BCUT2D eigenvalue weighted by Crippen LogP contribution is 2.35. The fourth-order valence-corrected chi connectivity index (χ4v) is 5.80. The molecule has 0 radical (unpaired) electrons. The van der Waals surface area contributed by atoms with E-state index in [2.05, 4.69) is 21.2 Å². The molecule has 3 saturated heterocycles. The van der Waals surface area contributed by atoms with Gasteiger partial charge in [-0.1, -0.05) is 18.2 Å². The first kappa shape index (κ1) is 26.4. The lowest BCUT2D eigenvalue weighted by atomic mass is 10.00. The van der Waals surface area contributed by atoms with Gasteiger partial charge in [0.05, 0.1) is 17.4 Å². The fourth-order valence-electron chi connectivity index (χ4n) is 5.80. The van der Waals surface area contributed by atoms with Crippen LogP contribution >= 0.6 is 0 Å². The second kappa shape index (κ2) is 10.9. The van der Waals surface area contributed by atoms with Crippen molar-refractivity contribution in [3.05, 3.63) is 65.2 Å². The van der Waals surface area contributed by atoms with E-state index in [-0.39, 0.29) is 17.8 Å². The van der Waals surface area contributed by atoms with Crippen LogP contribution in [-0.4, -0.2) is 65.8 Å². The van der Waals surface area contributed by atoms with Gasteiger partial charge in [-0.25, -0.2) is 23.3 Å². The number of piperidine rings is 1. The van der Waals surface area contributed by atoms with Crippen LogP contribution in [0.4, 0.5) is 24.1 Å². The number of nitrogens with one attached hydrogen (secondary N) is 1. The SMILES string of the molecule is N#Cc1ccccc1N1CCC(N2CCCC2NC(=O)N2C(=O)O[C@@H](C(N)=O)[C@@H]2c2ccc(F)c(F)c2)CC1. The summed E-state index contributed by atoms with van der Waals surface area (Å²) in [7, 11) is 0. The van der Waals surface area contributed by atoms with Crippen LogP contribution in [0.1, 0.15) is 42.9 Å². The summed E-state index contributed by atoms with van der Waals surface area (Å²) in [4.78, 5) is 43.2. The Hall–Kier alpha value is -4.24. The molecule has 0 aliphatic carbocycles. The number of nitrogens with zero attached hydrogens (tertiary/aromatic N) is 4. The van der Waals surface area contributed by atoms with Crippen LogP contribution in [0.5, 0.6) is 0 Å². The van der Waals surface area contributed by atoms with Gasteiger partial charge in [0.2, 0.25) is 6.10 Å². The van der Waals surface area contributed by atoms with Gasteiger partial charge in [0.25, 0.3) is 5.91 Å². The van der Waals surface area contributed by atoms with Crippen LogP contribution < -0.4 is 16.0 Å². The maximum Gasteiger partial charge on any atom is 0.419 e. The third kappa shape index (κ3) is 5.09. The molecule has 3 heterocycles. The molecule has 12 heteroatoms. The summed E-state index contributed by atoms with van der Waals surface area (Å²) in [6, 6.07) is 10.6. The summed E-state index contributed by atoms with van der Waals surface area (Å²) in [6.45, 7) is 2.25. The Bertz CT molecular complexity index is 1330. The molecule has 3 N–H and O–H groups in total. The molecule has 39 heavy (non-hydrogen) atoms. The number of urea groups is 1. The smallest absolute Gasteiger partial charge is 0.419 e. The Kier molecular flexibility index (Phi) is 7.34. The zero-order valence-electron chi connectivity index (χ0n) is 21.1. The number of likely N-dealkylation sites (tertiary alicyclic amines) is 1. The number of cyclic esters (lactones) is 1. The van der Waals surface area contributed by atoms with Gasteiger partial charge in [0, 0.05) is 25.7 Å². The van der Waals surface area contributed by atoms with Crippen LogP contribution in [0, 0.1) is 23.0 Å². The molecule has 4 amide bonds. The van der Waals surface area contributed by atoms with Crippen molar-refractivity contribution in [3.63, 3.8) is 0 Å². The number of rotatable bonds is 5. The number of nitrogens with two attached hydrogens (primary N) is 1. The minimum atomic E-state index is -1.55. The van der Waals surface area contributed by atoms with Crippen LogP contribution in [0.2, 0.25) is 0 Å². The number of carbonyl (C=O) groups excluding carboxylic acids is 3. The number of amides is 4. The summed E-state index contributed by atoms with van der Waals surface area (Å²) >= 11 is 0. The maximum absolute atomic E-state index is 14.0. The second-order valence-corrected chi connectivity index (χ2v) is 9.89. The highest BCUT2D eigenvalue weighted by atomic mass is 19.2. The third-order valence-corrected chi connectivity index (χ3v) is 7.66. The normalized spacial score (nSPS) is 23.9. The Morgan fingerprint density at radius 3 is 2.49 bits per heavy atom. The second-order valence-electron chi connectivity index (χ2n) is 9.89. The van der Waals surface area contributed by atoms with Crippen molar-refractivity contribution in [3.8, 4) is 6.07 Å². The van der Waals surface area contributed by atoms with Crippen molar-refractivity contribution in [1.29, 1.82) is 5.26 Å². The molecule has 3 atom stereocenters. The minimum absolute atomic E-state index is 0.00648. The molecule has 3 aliphatic rings. The quantitative estimate of drug-likeness (QED) is 0.598. The lowest BCUT2D eigenvalue weighted by Gasteiger charge is -2.40. The fraction of sp³-hybridized carbons (Fsp3) is 0.407. The Balaban J connectivity index is 1.29. The number of carbonyl (C=O) groups is 3. The van der Waals surface area contributed by atoms with E-state index in [1.807, 2.05) is 18.2 Å². The average molecular weight is 539 g/mol. The number of anilines is 1. The summed E-state index contributed by atoms with van der Waals surface area (Å²) in [5.41, 5.74) is 6.94. The number of imide groups is 1. The first-order chi connectivity index (χ1) is 18.8. The third-order valence-electron chi connectivity index (χ3n) is 7.66. The van der Waals surface area contributed by atoms with Crippen molar-refractivity contribution in [2.75, 3.05) is 24.5 Å². The largest absolute Gasteiger partial charge is 0.433 e. The molecule has 2 aromatic rings. The number of primary amides is 1. The molecule has 10 nitrogen and oxygen atoms in total. The molecule has 0 saturated carbocycles. The number of ether oxygens (including phenoxy) is 1. The summed E-state index contributed by atoms with van der Waals surface area (Å²) < 4.78 is 32.6. The Labute approximate surface area is 223 Å². The number of halogens is 2. The van der Waals surface area contributed by atoms with Crippen LogP contribution in [0.3, 0.4) is 0 Å². The molecule has 0 bridgehead atoms. The van der Waals surface area contributed by atoms with Gasteiger partial charge in [-0.2, -0.15) is 5.26 Å². The zero-order chi connectivity index (χ0) is 27.7. The topological polar surface area (TPSA) is 132 Å². The molecule has 1 unspecified atom stereocenters. The first-order valence-corrected chi connectivity index (χ1v) is 12.8. The van der Waals surface area contributed by atoms with Crippen LogP contribution in [0.15, 0.2) is 42.5 Å². The average Bonchev–Trinajstić information content (AvgIpc) is 3.54. The number of para-hydroxylation sites is 1. The van der Waals surface area contributed by atoms with Crippen molar-refractivity contribution in [2.24, 2.45) is 5.73 Å². The molecule has 2 aromatic carbocycles. The molecule has 0 aromatic heterocycles. The lowest BCUT2D eigenvalue weighted by Crippen LogP contribution is -2.55. The van der Waals surface area contributed by atoms with E-state index in [4.69, 9.17) is 10.5 Å². The summed E-state index contributed by atoms with van der Waals surface area (Å²) in [5.74, 6) is -3.32. The Morgan fingerprint density at radius 1 is 1.05 bits per heavy atom. The lowest BCUT2D eigenvalue weighted by molar-refractivity contribution is -0.125. The predicted octanol–water partition coefficient (Wildman–Crippen LogP) is 2.98. The molecule has 3 aliphatic heterocycles. The van der Waals surface area contributed by atoms with Crippen molar-refractivity contribution in [1.82, 2.24) is 15.1 Å². The molecule has 0 spiro atoms. The van der Waals surface area contributed by atoms with Crippen molar-refractivity contribution in [2.45, 2.75) is 50.0 Å². The van der Waals surface area contributed by atoms with Gasteiger partial charge in [0.15, 0.2) is 11.6 Å². The maximum atomic E-state index is 14.0. The first-order valence-electron chi connectivity index (χ1n) is 12.8. The van der Waals surface area contributed by atoms with Gasteiger partial charge < -0.3 is 20.7 Å². The van der Waals surface area contributed by atoms with Gasteiger partial charge in [-0.15, -0.1) is 0 Å². The minimum Gasteiger partial charge on any atom is -0.433 e. The van der Waals surface area contributed by atoms with Crippen molar-refractivity contribution < 1.29 is 27.9 Å². The molecular formula is C27H28F2N6O4. The van der Waals surface area contributed by atoms with E-state index < -0.39 is 41.8 Å². The highest BCUT2D eigenvalue weighted by Gasteiger charge is 2.50. The number of benzene rings is 2. The molecule has 3 fully saturated rings. The number of hydrogen-bond acceptors (Lipinski definition) is 7. The summed E-state index contributed by atoms with van der Waals surface area (Å²) in [5, 5.41) is 12.3. The van der Waals surface area contributed by atoms with Crippen molar-refractivity contribution >= 4 is 23.7 Å². The predicted molar refractivity (Wildman–Crippen MR) is 135 cm³/mol. The van der Waals surface area contributed by atoms with Crippen LogP contribution in [-0.2, 0) is 9.53 Å². The molecule has 204 valence electrons. The molecular weight excluding hydrogens is 510 g/mol. The van der Waals surface area contributed by atoms with Gasteiger partial charge in [-0.05, 0) is 55.5 Å². The van der Waals surface area contributed by atoms with E-state index >= 15 is 0 Å². The monoisotopic (exact) mass is 538 g/mol. The van der Waals surface area contributed by atoms with E-state index in [1.165, 1.54) is 6.07 Å². The van der Waals surface area contributed by atoms with E-state index in [1.54, 1.807) is 6.07 Å². The van der Waals surface area contributed by atoms with E-state index in [9.17, 15) is 28.4 Å². The van der Waals surface area contributed by atoms with E-state index in [0.29, 0.717) is 16.9 Å². The highest BCUT2D eigenvalue weighted by molar-refractivity contribution is 5.97. The van der Waals surface area contributed by atoms with Crippen LogP contribution in [0.25, 0.3) is 0 Å². The Morgan fingerprint density at radius 2 is 1.79 bits per heavy atom. The van der Waals surface area contributed by atoms with Gasteiger partial charge in [0.1, 0.15) is 12.1 Å². The summed E-state index contributed by atoms with van der Waals surface area (Å²) in [6.07, 6.45) is 0.114.